The summed E-state index contributed by atoms with van der Waals surface area (Å²) in [5.74, 6) is 1.97. The number of rotatable bonds is 2. The lowest BCUT2D eigenvalue weighted by molar-refractivity contribution is 0.472. The van der Waals surface area contributed by atoms with E-state index in [1.54, 1.807) is 29.8 Å². The lowest BCUT2D eigenvalue weighted by Gasteiger charge is -2.33. The molecule has 1 aliphatic rings. The number of benzene rings is 1. The second kappa shape index (κ2) is 5.57. The molecular formula is C17H17N3OS. The summed E-state index contributed by atoms with van der Waals surface area (Å²) in [5, 5.41) is 12.6. The Morgan fingerprint density at radius 1 is 1.05 bits per heavy atom. The molecule has 0 spiro atoms. The van der Waals surface area contributed by atoms with Crippen LogP contribution in [-0.2, 0) is 0 Å². The van der Waals surface area contributed by atoms with Crippen LogP contribution in [0.25, 0.3) is 10.2 Å². The molecule has 0 saturated carbocycles. The molecule has 0 aliphatic carbocycles. The zero-order valence-electron chi connectivity index (χ0n) is 12.1. The minimum absolute atomic E-state index is 0.335. The highest BCUT2D eigenvalue weighted by molar-refractivity contribution is 7.16. The number of nitrogens with zero attached hydrogens (tertiary/aromatic N) is 3. The summed E-state index contributed by atoms with van der Waals surface area (Å²) in [4.78, 5) is 12.3. The van der Waals surface area contributed by atoms with Crippen molar-refractivity contribution in [2.24, 2.45) is 0 Å². The second-order valence-corrected chi connectivity index (χ2v) is 6.58. The van der Waals surface area contributed by atoms with Crippen LogP contribution in [0.3, 0.4) is 0 Å². The summed E-state index contributed by atoms with van der Waals surface area (Å²) in [7, 11) is 0. The third-order valence-corrected chi connectivity index (χ3v) is 5.22. The van der Waals surface area contributed by atoms with E-state index in [0.29, 0.717) is 11.7 Å². The molecule has 22 heavy (non-hydrogen) atoms. The number of phenolic OH excluding ortho intramolecular Hbond substituents is 1. The predicted molar refractivity (Wildman–Crippen MR) is 89.7 cm³/mol. The van der Waals surface area contributed by atoms with E-state index in [2.05, 4.69) is 26.3 Å². The van der Waals surface area contributed by atoms with E-state index in [4.69, 9.17) is 0 Å². The summed E-state index contributed by atoms with van der Waals surface area (Å²) in [6.45, 7) is 2.01. The van der Waals surface area contributed by atoms with Crippen LogP contribution in [0, 0.1) is 0 Å². The first-order valence-electron chi connectivity index (χ1n) is 7.53. The fourth-order valence-electron chi connectivity index (χ4n) is 3.20. The van der Waals surface area contributed by atoms with Crippen molar-refractivity contribution in [3.63, 3.8) is 0 Å². The molecule has 3 heterocycles. The Hall–Kier alpha value is -2.14. The number of fused-ring (bicyclic) bond motifs is 1. The van der Waals surface area contributed by atoms with Crippen LogP contribution in [0.1, 0.15) is 24.3 Å². The number of anilines is 1. The SMILES string of the molecule is Oc1ccc(C2CCN(c3ncnc4sccc34)CC2)cc1. The number of hydrogen-bond acceptors (Lipinski definition) is 5. The number of phenols is 1. The van der Waals surface area contributed by atoms with Crippen molar-refractivity contribution in [2.45, 2.75) is 18.8 Å². The van der Waals surface area contributed by atoms with Crippen molar-refractivity contribution >= 4 is 27.4 Å². The van der Waals surface area contributed by atoms with Gasteiger partial charge in [-0.25, -0.2) is 9.97 Å². The summed E-state index contributed by atoms with van der Waals surface area (Å²) in [5.41, 5.74) is 1.32. The zero-order valence-corrected chi connectivity index (χ0v) is 13.0. The van der Waals surface area contributed by atoms with Crippen LogP contribution in [-0.4, -0.2) is 28.2 Å². The van der Waals surface area contributed by atoms with Gasteiger partial charge in [0.15, 0.2) is 0 Å². The maximum atomic E-state index is 9.40. The molecule has 1 saturated heterocycles. The van der Waals surface area contributed by atoms with E-state index in [0.717, 1.165) is 42.0 Å². The van der Waals surface area contributed by atoms with Gasteiger partial charge in [-0.2, -0.15) is 0 Å². The minimum atomic E-state index is 0.335. The van der Waals surface area contributed by atoms with Gasteiger partial charge in [-0.05, 0) is 47.9 Å². The Kier molecular flexibility index (Phi) is 3.42. The Balaban J connectivity index is 1.52. The largest absolute Gasteiger partial charge is 0.508 e. The predicted octanol–water partition coefficient (Wildman–Crippen LogP) is 3.78. The first-order chi connectivity index (χ1) is 10.8. The molecule has 4 rings (SSSR count). The molecule has 4 nitrogen and oxygen atoms in total. The number of thiophene rings is 1. The number of aromatic hydroxyl groups is 1. The van der Waals surface area contributed by atoms with Crippen LogP contribution in [0.5, 0.6) is 5.75 Å². The van der Waals surface area contributed by atoms with Crippen molar-refractivity contribution in [1.82, 2.24) is 9.97 Å². The molecule has 0 radical (unpaired) electrons. The van der Waals surface area contributed by atoms with Gasteiger partial charge in [-0.3, -0.25) is 0 Å². The molecule has 3 aromatic rings. The lowest BCUT2D eigenvalue weighted by atomic mass is 9.89. The van der Waals surface area contributed by atoms with E-state index in [1.807, 2.05) is 12.1 Å². The van der Waals surface area contributed by atoms with Crippen LogP contribution in [0.2, 0.25) is 0 Å². The molecule has 5 heteroatoms. The molecule has 1 aromatic carbocycles. The van der Waals surface area contributed by atoms with E-state index in [1.165, 1.54) is 5.56 Å². The Morgan fingerprint density at radius 2 is 1.82 bits per heavy atom. The summed E-state index contributed by atoms with van der Waals surface area (Å²) in [6, 6.07) is 9.75. The topological polar surface area (TPSA) is 49.2 Å². The molecule has 1 aliphatic heterocycles. The molecule has 0 atom stereocenters. The molecule has 0 bridgehead atoms. The van der Waals surface area contributed by atoms with Crippen molar-refractivity contribution in [3.05, 3.63) is 47.6 Å². The highest BCUT2D eigenvalue weighted by Crippen LogP contribution is 2.33. The van der Waals surface area contributed by atoms with Gasteiger partial charge >= 0.3 is 0 Å². The summed E-state index contributed by atoms with van der Waals surface area (Å²) in [6.07, 6.45) is 3.89. The standard InChI is InChI=1S/C17H17N3OS/c21-14-3-1-12(2-4-14)13-5-8-20(9-6-13)16-15-7-10-22-17(15)19-11-18-16/h1-4,7,10-11,13,21H,5-6,8-9H2. The highest BCUT2D eigenvalue weighted by Gasteiger charge is 2.22. The monoisotopic (exact) mass is 311 g/mol. The molecular weight excluding hydrogens is 294 g/mol. The van der Waals surface area contributed by atoms with Gasteiger partial charge in [0.2, 0.25) is 0 Å². The first-order valence-corrected chi connectivity index (χ1v) is 8.41. The van der Waals surface area contributed by atoms with Crippen molar-refractivity contribution in [3.8, 4) is 5.75 Å². The van der Waals surface area contributed by atoms with Crippen LogP contribution < -0.4 is 4.90 Å². The summed E-state index contributed by atoms with van der Waals surface area (Å²) < 4.78 is 0. The normalized spacial score (nSPS) is 16.3. The number of piperidine rings is 1. The number of hydrogen-bond donors (Lipinski definition) is 1. The van der Waals surface area contributed by atoms with Gasteiger partial charge in [0.25, 0.3) is 0 Å². The molecule has 0 unspecified atom stereocenters. The third kappa shape index (κ3) is 2.41. The second-order valence-electron chi connectivity index (χ2n) is 5.69. The van der Waals surface area contributed by atoms with Gasteiger partial charge in [0.05, 0.1) is 5.39 Å². The average molecular weight is 311 g/mol. The van der Waals surface area contributed by atoms with E-state index >= 15 is 0 Å². The van der Waals surface area contributed by atoms with Crippen molar-refractivity contribution in [2.75, 3.05) is 18.0 Å². The van der Waals surface area contributed by atoms with Gasteiger partial charge in [0.1, 0.15) is 22.7 Å². The molecule has 1 fully saturated rings. The van der Waals surface area contributed by atoms with Gasteiger partial charge < -0.3 is 10.0 Å². The number of aromatic nitrogens is 2. The van der Waals surface area contributed by atoms with Gasteiger partial charge in [0, 0.05) is 13.1 Å². The Morgan fingerprint density at radius 3 is 2.59 bits per heavy atom. The molecule has 0 amide bonds. The van der Waals surface area contributed by atoms with Crippen molar-refractivity contribution in [1.29, 1.82) is 0 Å². The fourth-order valence-corrected chi connectivity index (χ4v) is 3.93. The minimum Gasteiger partial charge on any atom is -0.508 e. The first kappa shape index (κ1) is 13.5. The Labute approximate surface area is 133 Å². The molecule has 112 valence electrons. The van der Waals surface area contributed by atoms with E-state index in [9.17, 15) is 5.11 Å². The van der Waals surface area contributed by atoms with Gasteiger partial charge in [-0.15, -0.1) is 11.3 Å². The van der Waals surface area contributed by atoms with Crippen molar-refractivity contribution < 1.29 is 5.11 Å². The smallest absolute Gasteiger partial charge is 0.140 e. The van der Waals surface area contributed by atoms with Crippen LogP contribution in [0.4, 0.5) is 5.82 Å². The lowest BCUT2D eigenvalue weighted by Crippen LogP contribution is -2.33. The summed E-state index contributed by atoms with van der Waals surface area (Å²) >= 11 is 1.66. The fraction of sp³-hybridized carbons (Fsp3) is 0.294. The molecule has 2 aromatic heterocycles. The van der Waals surface area contributed by atoms with Gasteiger partial charge in [-0.1, -0.05) is 12.1 Å². The quantitative estimate of drug-likeness (QED) is 0.782. The highest BCUT2D eigenvalue weighted by atomic mass is 32.1. The molecule has 1 N–H and O–H groups in total. The maximum Gasteiger partial charge on any atom is 0.140 e. The van der Waals surface area contributed by atoms with E-state index in [-0.39, 0.29) is 0 Å². The average Bonchev–Trinajstić information content (AvgIpc) is 3.04. The maximum absolute atomic E-state index is 9.40. The van der Waals surface area contributed by atoms with E-state index < -0.39 is 0 Å². The van der Waals surface area contributed by atoms with Crippen LogP contribution >= 0.6 is 11.3 Å². The van der Waals surface area contributed by atoms with Crippen LogP contribution in [0.15, 0.2) is 42.0 Å². The third-order valence-electron chi connectivity index (χ3n) is 4.40. The zero-order chi connectivity index (χ0) is 14.9. The Bertz CT molecular complexity index is 776.